The molecule has 37 heavy (non-hydrogen) atoms. The Morgan fingerprint density at radius 2 is 1.57 bits per heavy atom. The van der Waals surface area contributed by atoms with Gasteiger partial charge in [-0.05, 0) is 49.4 Å². The molecule has 0 atom stereocenters. The number of anilines is 2. The molecule has 1 amide bonds. The highest BCUT2D eigenvalue weighted by Gasteiger charge is 2.32. The van der Waals surface area contributed by atoms with Crippen LogP contribution in [0.15, 0.2) is 71.6 Å². The first kappa shape index (κ1) is 26.6. The van der Waals surface area contributed by atoms with Gasteiger partial charge in [-0.3, -0.25) is 9.10 Å². The zero-order valence-corrected chi connectivity index (χ0v) is 22.6. The molecular weight excluding hydrogens is 514 g/mol. The summed E-state index contributed by atoms with van der Waals surface area (Å²) in [6.45, 7) is 3.57. The number of hydrogen-bond donors (Lipinski definition) is 0. The van der Waals surface area contributed by atoms with Crippen molar-refractivity contribution < 1.29 is 22.7 Å². The molecule has 196 valence electrons. The molecule has 0 bridgehead atoms. The van der Waals surface area contributed by atoms with E-state index in [0.717, 1.165) is 21.3 Å². The van der Waals surface area contributed by atoms with Gasteiger partial charge in [0.05, 0.1) is 30.5 Å². The second kappa shape index (κ2) is 11.3. The molecule has 1 saturated heterocycles. The van der Waals surface area contributed by atoms with Gasteiger partial charge in [-0.1, -0.05) is 41.4 Å². The molecule has 0 radical (unpaired) electrons. The van der Waals surface area contributed by atoms with Crippen molar-refractivity contribution in [1.29, 1.82) is 0 Å². The number of ether oxygens (including phenoxy) is 2. The van der Waals surface area contributed by atoms with Crippen LogP contribution in [-0.4, -0.2) is 66.2 Å². The van der Waals surface area contributed by atoms with Crippen LogP contribution < -0.4 is 18.7 Å². The van der Waals surface area contributed by atoms with E-state index in [1.165, 1.54) is 25.3 Å². The third-order valence-electron chi connectivity index (χ3n) is 6.36. The molecule has 8 nitrogen and oxygen atoms in total. The Morgan fingerprint density at radius 1 is 0.919 bits per heavy atom. The number of nitrogens with zero attached hydrogens (tertiary/aromatic N) is 3. The van der Waals surface area contributed by atoms with Crippen molar-refractivity contribution in [2.45, 2.75) is 11.8 Å². The molecule has 1 fully saturated rings. The highest BCUT2D eigenvalue weighted by molar-refractivity contribution is 7.92. The zero-order chi connectivity index (χ0) is 26.6. The molecule has 0 N–H and O–H groups in total. The summed E-state index contributed by atoms with van der Waals surface area (Å²) in [6.07, 6.45) is 0. The largest absolute Gasteiger partial charge is 0.495 e. The smallest absolute Gasteiger partial charge is 0.264 e. The van der Waals surface area contributed by atoms with Crippen LogP contribution in [0.3, 0.4) is 0 Å². The summed E-state index contributed by atoms with van der Waals surface area (Å²) in [5.74, 6) is 0.761. The maximum atomic E-state index is 13.8. The predicted octanol–water partition coefficient (Wildman–Crippen LogP) is 4.21. The first-order chi connectivity index (χ1) is 17.7. The lowest BCUT2D eigenvalue weighted by molar-refractivity contribution is -0.129. The van der Waals surface area contributed by atoms with Crippen LogP contribution >= 0.6 is 11.6 Å². The number of aryl methyl sites for hydroxylation is 1. The molecule has 4 rings (SSSR count). The summed E-state index contributed by atoms with van der Waals surface area (Å²) in [5, 5.41) is 0.331. The molecule has 0 unspecified atom stereocenters. The van der Waals surface area contributed by atoms with Gasteiger partial charge in [0.2, 0.25) is 5.91 Å². The van der Waals surface area contributed by atoms with Crippen molar-refractivity contribution in [3.8, 4) is 11.5 Å². The number of rotatable bonds is 8. The first-order valence-corrected chi connectivity index (χ1v) is 13.6. The number of sulfonamides is 1. The Balaban J connectivity index is 1.59. The Kier molecular flexibility index (Phi) is 8.14. The Hall–Kier alpha value is -3.43. The van der Waals surface area contributed by atoms with E-state index in [1.807, 2.05) is 31.2 Å². The minimum absolute atomic E-state index is 0.0777. The highest BCUT2D eigenvalue weighted by atomic mass is 35.5. The van der Waals surface area contributed by atoms with Gasteiger partial charge in [0.15, 0.2) is 0 Å². The number of benzene rings is 3. The van der Waals surface area contributed by atoms with Crippen molar-refractivity contribution in [2.24, 2.45) is 0 Å². The van der Waals surface area contributed by atoms with Crippen LogP contribution in [0.2, 0.25) is 5.02 Å². The lowest BCUT2D eigenvalue weighted by Crippen LogP contribution is -2.52. The van der Waals surface area contributed by atoms with Gasteiger partial charge >= 0.3 is 0 Å². The van der Waals surface area contributed by atoms with Gasteiger partial charge < -0.3 is 19.3 Å². The average molecular weight is 544 g/mol. The minimum atomic E-state index is -4.10. The lowest BCUT2D eigenvalue weighted by Gasteiger charge is -2.37. The summed E-state index contributed by atoms with van der Waals surface area (Å²) >= 11 is 6.23. The standard InChI is InChI=1S/C27H30ClN3O5S/c1-20-8-11-22(12-9-20)37(33,34)31(24-18-21(28)10-13-26(24)36-3)19-27(32)30-16-14-29(15-17-30)23-6-4-5-7-25(23)35-2/h4-13,18H,14-17,19H2,1-3H3. The molecule has 0 aromatic heterocycles. The monoisotopic (exact) mass is 543 g/mol. The fourth-order valence-electron chi connectivity index (χ4n) is 4.31. The third kappa shape index (κ3) is 5.78. The molecule has 0 aliphatic carbocycles. The minimum Gasteiger partial charge on any atom is -0.495 e. The van der Waals surface area contributed by atoms with E-state index >= 15 is 0 Å². The second-order valence-corrected chi connectivity index (χ2v) is 11.0. The van der Waals surface area contributed by atoms with E-state index in [4.69, 9.17) is 21.1 Å². The summed E-state index contributed by atoms with van der Waals surface area (Å²) < 4.78 is 39.6. The van der Waals surface area contributed by atoms with E-state index in [9.17, 15) is 13.2 Å². The number of carbonyl (C=O) groups is 1. The second-order valence-electron chi connectivity index (χ2n) is 8.68. The van der Waals surface area contributed by atoms with Crippen LogP contribution in [0, 0.1) is 6.92 Å². The van der Waals surface area contributed by atoms with Gasteiger partial charge in [0.1, 0.15) is 18.0 Å². The van der Waals surface area contributed by atoms with Crippen molar-refractivity contribution >= 4 is 38.9 Å². The Morgan fingerprint density at radius 3 is 2.22 bits per heavy atom. The Labute approximate surface area is 223 Å². The van der Waals surface area contributed by atoms with Gasteiger partial charge in [0.25, 0.3) is 10.0 Å². The first-order valence-electron chi connectivity index (χ1n) is 11.8. The summed E-state index contributed by atoms with van der Waals surface area (Å²) in [4.78, 5) is 17.4. The van der Waals surface area contributed by atoms with Gasteiger partial charge in [-0.2, -0.15) is 0 Å². The van der Waals surface area contributed by atoms with Gasteiger partial charge in [-0.25, -0.2) is 8.42 Å². The maximum absolute atomic E-state index is 13.8. The van der Waals surface area contributed by atoms with Crippen LogP contribution in [0.5, 0.6) is 11.5 Å². The highest BCUT2D eigenvalue weighted by Crippen LogP contribution is 2.35. The van der Waals surface area contributed by atoms with Crippen LogP contribution in [-0.2, 0) is 14.8 Å². The maximum Gasteiger partial charge on any atom is 0.264 e. The van der Waals surface area contributed by atoms with Crippen molar-refractivity contribution in [1.82, 2.24) is 4.90 Å². The number of amides is 1. The van der Waals surface area contributed by atoms with Gasteiger partial charge in [-0.15, -0.1) is 0 Å². The molecule has 3 aromatic carbocycles. The lowest BCUT2D eigenvalue weighted by atomic mass is 10.2. The summed E-state index contributed by atoms with van der Waals surface area (Å²) in [7, 11) is -1.02. The van der Waals surface area contributed by atoms with Crippen LogP contribution in [0.1, 0.15) is 5.56 Å². The van der Waals surface area contributed by atoms with Crippen LogP contribution in [0.4, 0.5) is 11.4 Å². The number of halogens is 1. The van der Waals surface area contributed by atoms with Crippen LogP contribution in [0.25, 0.3) is 0 Å². The number of hydrogen-bond acceptors (Lipinski definition) is 6. The van der Waals surface area contributed by atoms with Crippen molar-refractivity contribution in [3.05, 3.63) is 77.3 Å². The van der Waals surface area contributed by atoms with Gasteiger partial charge in [0, 0.05) is 31.2 Å². The van der Waals surface area contributed by atoms with E-state index in [1.54, 1.807) is 36.3 Å². The van der Waals surface area contributed by atoms with E-state index in [0.29, 0.717) is 37.0 Å². The number of carbonyl (C=O) groups excluding carboxylic acids is 1. The molecule has 0 saturated carbocycles. The molecule has 1 aliphatic heterocycles. The quantitative estimate of drug-likeness (QED) is 0.423. The molecule has 10 heteroatoms. The molecule has 0 spiro atoms. The molecule has 1 heterocycles. The number of piperazine rings is 1. The summed E-state index contributed by atoms with van der Waals surface area (Å²) in [5.41, 5.74) is 2.09. The van der Waals surface area contributed by atoms with E-state index in [-0.39, 0.29) is 23.0 Å². The van der Waals surface area contributed by atoms with E-state index in [2.05, 4.69) is 4.90 Å². The molecule has 1 aliphatic rings. The Bertz CT molecular complexity index is 1360. The number of methoxy groups -OCH3 is 2. The summed E-state index contributed by atoms with van der Waals surface area (Å²) in [6, 6.07) is 19.0. The fourth-order valence-corrected chi connectivity index (χ4v) is 5.89. The van der Waals surface area contributed by atoms with E-state index < -0.39 is 10.0 Å². The SMILES string of the molecule is COc1ccccc1N1CCN(C(=O)CN(c2cc(Cl)ccc2OC)S(=O)(=O)c2ccc(C)cc2)CC1. The fraction of sp³-hybridized carbons (Fsp3) is 0.296. The topological polar surface area (TPSA) is 79.4 Å². The third-order valence-corrected chi connectivity index (χ3v) is 8.36. The predicted molar refractivity (Wildman–Crippen MR) is 146 cm³/mol. The molecule has 3 aromatic rings. The van der Waals surface area contributed by atoms with Crippen molar-refractivity contribution in [3.63, 3.8) is 0 Å². The molecular formula is C27H30ClN3O5S. The van der Waals surface area contributed by atoms with Crippen molar-refractivity contribution in [2.75, 3.05) is 56.1 Å². The number of para-hydroxylation sites is 2. The zero-order valence-electron chi connectivity index (χ0n) is 21.1. The average Bonchev–Trinajstić information content (AvgIpc) is 2.91. The normalized spacial score (nSPS) is 13.8.